The SMILES string of the molecule is Cc1cccnc1C(=O)NC[C@@]1(O)CCCN(c2cnccn2)C1. The Morgan fingerprint density at radius 2 is 2.25 bits per heavy atom. The molecular formula is C17H21N5O2. The predicted octanol–water partition coefficient (Wildman–Crippen LogP) is 0.941. The summed E-state index contributed by atoms with van der Waals surface area (Å²) in [6.07, 6.45) is 7.98. The van der Waals surface area contributed by atoms with Crippen LogP contribution in [0.4, 0.5) is 5.82 Å². The van der Waals surface area contributed by atoms with E-state index in [1.807, 2.05) is 17.9 Å². The van der Waals surface area contributed by atoms with Crippen LogP contribution in [0.1, 0.15) is 28.9 Å². The summed E-state index contributed by atoms with van der Waals surface area (Å²) in [6, 6.07) is 3.63. The quantitative estimate of drug-likeness (QED) is 0.868. The molecule has 1 amide bonds. The number of hydrogen-bond donors (Lipinski definition) is 2. The van der Waals surface area contributed by atoms with E-state index in [2.05, 4.69) is 20.3 Å². The standard InChI is InChI=1S/C17H21N5O2/c1-13-4-2-6-20-15(13)16(23)21-11-17(24)5-3-9-22(12-17)14-10-18-7-8-19-14/h2,4,6-8,10,24H,3,5,9,11-12H2,1H3,(H,21,23)/t17-/m0/s1. The molecule has 2 N–H and O–H groups in total. The third-order valence-electron chi connectivity index (χ3n) is 4.23. The van der Waals surface area contributed by atoms with Crippen LogP contribution in [0.15, 0.2) is 36.9 Å². The molecule has 126 valence electrons. The van der Waals surface area contributed by atoms with Crippen molar-refractivity contribution in [2.24, 2.45) is 0 Å². The Labute approximate surface area is 140 Å². The molecule has 1 aliphatic rings. The van der Waals surface area contributed by atoms with Gasteiger partial charge in [0.15, 0.2) is 0 Å². The number of anilines is 1. The highest BCUT2D eigenvalue weighted by molar-refractivity contribution is 5.93. The molecule has 0 radical (unpaired) electrons. The van der Waals surface area contributed by atoms with E-state index in [4.69, 9.17) is 0 Å². The van der Waals surface area contributed by atoms with Crippen molar-refractivity contribution in [2.45, 2.75) is 25.4 Å². The molecule has 1 fully saturated rings. The number of aryl methyl sites for hydroxylation is 1. The monoisotopic (exact) mass is 327 g/mol. The maximum absolute atomic E-state index is 12.3. The number of amides is 1. The van der Waals surface area contributed by atoms with E-state index in [0.29, 0.717) is 18.7 Å². The Bertz CT molecular complexity index is 709. The number of β-amino-alcohol motifs (C(OH)–C–C–N with tert-alkyl or cyclic N) is 1. The normalized spacial score (nSPS) is 20.7. The van der Waals surface area contributed by atoms with Crippen molar-refractivity contribution < 1.29 is 9.90 Å². The third kappa shape index (κ3) is 3.68. The van der Waals surface area contributed by atoms with Gasteiger partial charge in [0, 0.05) is 38.2 Å². The topological polar surface area (TPSA) is 91.2 Å². The first-order valence-corrected chi connectivity index (χ1v) is 8.01. The van der Waals surface area contributed by atoms with Crippen LogP contribution in [0.3, 0.4) is 0 Å². The molecule has 1 saturated heterocycles. The molecule has 2 aromatic heterocycles. The maximum Gasteiger partial charge on any atom is 0.270 e. The van der Waals surface area contributed by atoms with Crippen LogP contribution in [-0.2, 0) is 0 Å². The van der Waals surface area contributed by atoms with Crippen molar-refractivity contribution in [3.05, 3.63) is 48.2 Å². The van der Waals surface area contributed by atoms with Crippen LogP contribution in [0.25, 0.3) is 0 Å². The second-order valence-corrected chi connectivity index (χ2v) is 6.16. The second kappa shape index (κ2) is 6.92. The number of carbonyl (C=O) groups excluding carboxylic acids is 1. The van der Waals surface area contributed by atoms with E-state index in [1.165, 1.54) is 0 Å². The van der Waals surface area contributed by atoms with Crippen LogP contribution >= 0.6 is 0 Å². The zero-order valence-electron chi connectivity index (χ0n) is 13.6. The minimum Gasteiger partial charge on any atom is -0.386 e. The molecule has 0 spiro atoms. The molecule has 7 nitrogen and oxygen atoms in total. The highest BCUT2D eigenvalue weighted by atomic mass is 16.3. The smallest absolute Gasteiger partial charge is 0.270 e. The van der Waals surface area contributed by atoms with E-state index < -0.39 is 5.60 Å². The molecule has 3 heterocycles. The summed E-state index contributed by atoms with van der Waals surface area (Å²) in [5.74, 6) is 0.473. The summed E-state index contributed by atoms with van der Waals surface area (Å²) in [6.45, 7) is 3.24. The first kappa shape index (κ1) is 16.3. The van der Waals surface area contributed by atoms with Gasteiger partial charge in [-0.05, 0) is 31.4 Å². The first-order valence-electron chi connectivity index (χ1n) is 8.01. The Morgan fingerprint density at radius 3 is 3.00 bits per heavy atom. The van der Waals surface area contributed by atoms with E-state index in [-0.39, 0.29) is 12.5 Å². The summed E-state index contributed by atoms with van der Waals surface area (Å²) >= 11 is 0. The summed E-state index contributed by atoms with van der Waals surface area (Å²) in [5.41, 5.74) is 0.211. The molecule has 0 saturated carbocycles. The van der Waals surface area contributed by atoms with Gasteiger partial charge in [-0.25, -0.2) is 4.98 Å². The van der Waals surface area contributed by atoms with Gasteiger partial charge < -0.3 is 15.3 Å². The molecule has 2 aromatic rings. The molecule has 1 aliphatic heterocycles. The Morgan fingerprint density at radius 1 is 1.38 bits per heavy atom. The Hall–Kier alpha value is -2.54. The maximum atomic E-state index is 12.3. The van der Waals surface area contributed by atoms with Gasteiger partial charge >= 0.3 is 0 Å². The van der Waals surface area contributed by atoms with Gasteiger partial charge in [-0.3, -0.25) is 14.8 Å². The number of piperidine rings is 1. The highest BCUT2D eigenvalue weighted by Gasteiger charge is 2.34. The minimum atomic E-state index is -0.992. The molecule has 24 heavy (non-hydrogen) atoms. The van der Waals surface area contributed by atoms with Crippen LogP contribution < -0.4 is 10.2 Å². The fraction of sp³-hybridized carbons (Fsp3) is 0.412. The third-order valence-corrected chi connectivity index (χ3v) is 4.23. The molecular weight excluding hydrogens is 306 g/mol. The van der Waals surface area contributed by atoms with Gasteiger partial charge in [0.2, 0.25) is 0 Å². The molecule has 0 aliphatic carbocycles. The van der Waals surface area contributed by atoms with E-state index in [1.54, 1.807) is 30.9 Å². The summed E-state index contributed by atoms with van der Waals surface area (Å²) in [5, 5.41) is 13.7. The van der Waals surface area contributed by atoms with Crippen molar-refractivity contribution >= 4 is 11.7 Å². The van der Waals surface area contributed by atoms with E-state index in [9.17, 15) is 9.90 Å². The van der Waals surface area contributed by atoms with Crippen LogP contribution in [0, 0.1) is 6.92 Å². The number of aromatic nitrogens is 3. The molecule has 3 rings (SSSR count). The number of rotatable bonds is 4. The average molecular weight is 327 g/mol. The van der Waals surface area contributed by atoms with Gasteiger partial charge in [0.25, 0.3) is 5.91 Å². The zero-order chi connectivity index (χ0) is 17.0. The highest BCUT2D eigenvalue weighted by Crippen LogP contribution is 2.24. The van der Waals surface area contributed by atoms with Gasteiger partial charge in [0.05, 0.1) is 11.8 Å². The fourth-order valence-electron chi connectivity index (χ4n) is 2.96. The first-order chi connectivity index (χ1) is 11.6. The van der Waals surface area contributed by atoms with Crippen molar-refractivity contribution in [3.8, 4) is 0 Å². The number of hydrogen-bond acceptors (Lipinski definition) is 6. The Kier molecular flexibility index (Phi) is 4.71. The van der Waals surface area contributed by atoms with Gasteiger partial charge in [-0.15, -0.1) is 0 Å². The number of pyridine rings is 1. The summed E-state index contributed by atoms with van der Waals surface area (Å²) in [7, 11) is 0. The summed E-state index contributed by atoms with van der Waals surface area (Å²) in [4.78, 5) is 26.7. The molecule has 0 bridgehead atoms. The number of carbonyl (C=O) groups is 1. The Balaban J connectivity index is 1.64. The number of nitrogens with one attached hydrogen (secondary N) is 1. The van der Waals surface area contributed by atoms with Gasteiger partial charge in [-0.2, -0.15) is 0 Å². The van der Waals surface area contributed by atoms with Gasteiger partial charge in [0.1, 0.15) is 11.5 Å². The zero-order valence-corrected chi connectivity index (χ0v) is 13.6. The molecule has 7 heteroatoms. The number of aliphatic hydroxyl groups is 1. The molecule has 0 aromatic carbocycles. The fourth-order valence-corrected chi connectivity index (χ4v) is 2.96. The van der Waals surface area contributed by atoms with Crippen LogP contribution in [0.5, 0.6) is 0 Å². The average Bonchev–Trinajstić information content (AvgIpc) is 2.61. The summed E-state index contributed by atoms with van der Waals surface area (Å²) < 4.78 is 0. The van der Waals surface area contributed by atoms with Crippen LogP contribution in [-0.4, -0.2) is 51.2 Å². The van der Waals surface area contributed by atoms with Crippen molar-refractivity contribution in [1.82, 2.24) is 20.3 Å². The minimum absolute atomic E-state index is 0.179. The van der Waals surface area contributed by atoms with Crippen LogP contribution in [0.2, 0.25) is 0 Å². The lowest BCUT2D eigenvalue weighted by Gasteiger charge is -2.39. The number of nitrogens with zero attached hydrogens (tertiary/aromatic N) is 4. The van der Waals surface area contributed by atoms with Crippen molar-refractivity contribution in [2.75, 3.05) is 24.5 Å². The van der Waals surface area contributed by atoms with E-state index >= 15 is 0 Å². The molecule has 0 unspecified atom stereocenters. The molecule has 1 atom stereocenters. The second-order valence-electron chi connectivity index (χ2n) is 6.16. The largest absolute Gasteiger partial charge is 0.386 e. The lowest BCUT2D eigenvalue weighted by atomic mass is 9.92. The van der Waals surface area contributed by atoms with Gasteiger partial charge in [-0.1, -0.05) is 6.07 Å². The van der Waals surface area contributed by atoms with E-state index in [0.717, 1.165) is 24.3 Å². The lowest BCUT2D eigenvalue weighted by molar-refractivity contribution is 0.0253. The van der Waals surface area contributed by atoms with Crippen molar-refractivity contribution in [3.63, 3.8) is 0 Å². The lowest BCUT2D eigenvalue weighted by Crippen LogP contribution is -2.54. The predicted molar refractivity (Wildman–Crippen MR) is 89.7 cm³/mol. The van der Waals surface area contributed by atoms with Crippen molar-refractivity contribution in [1.29, 1.82) is 0 Å².